The summed E-state index contributed by atoms with van der Waals surface area (Å²) in [5.74, 6) is -1.58. The highest BCUT2D eigenvalue weighted by molar-refractivity contribution is 7.89. The fourth-order valence-corrected chi connectivity index (χ4v) is 4.42. The molecule has 1 aromatic heterocycles. The quantitative estimate of drug-likeness (QED) is 0.822. The number of halogens is 1. The number of aryl methyl sites for hydroxylation is 2. The Labute approximate surface area is 155 Å². The highest BCUT2D eigenvalue weighted by atomic mass is 32.2. The fourth-order valence-electron chi connectivity index (χ4n) is 2.90. The Kier molecular flexibility index (Phi) is 5.11. The minimum Gasteiger partial charge on any atom is -0.478 e. The molecule has 0 unspecified atom stereocenters. The van der Waals surface area contributed by atoms with Crippen LogP contribution in [0.4, 0.5) is 4.39 Å². The van der Waals surface area contributed by atoms with Gasteiger partial charge in [-0.15, -0.1) is 0 Å². The molecule has 8 nitrogen and oxygen atoms in total. The second-order valence-electron chi connectivity index (χ2n) is 6.23. The molecule has 0 amide bonds. The van der Waals surface area contributed by atoms with Crippen molar-refractivity contribution < 1.29 is 27.4 Å². The Balaban J connectivity index is 1.77. The van der Waals surface area contributed by atoms with Crippen molar-refractivity contribution in [1.82, 2.24) is 14.3 Å². The van der Waals surface area contributed by atoms with Crippen LogP contribution < -0.4 is 4.74 Å². The second-order valence-corrected chi connectivity index (χ2v) is 8.17. The third kappa shape index (κ3) is 4.06. The number of aromatic carboxylic acids is 1. The van der Waals surface area contributed by atoms with Gasteiger partial charge in [-0.2, -0.15) is 9.29 Å². The molecule has 0 radical (unpaired) electrons. The Morgan fingerprint density at radius 3 is 2.70 bits per heavy atom. The first-order valence-electron chi connectivity index (χ1n) is 8.19. The first kappa shape index (κ1) is 19.2. The zero-order chi connectivity index (χ0) is 19.8. The third-order valence-electron chi connectivity index (χ3n) is 4.14. The smallest absolute Gasteiger partial charge is 0.338 e. The second kappa shape index (κ2) is 7.20. The minimum atomic E-state index is -3.96. The number of carbonyl (C=O) groups is 1. The standard InChI is InChI=1S/C17H18FN3O5S/c1-10-7-16(20-11(2)19-10)26-12-5-6-21(9-12)27(24,25)13-3-4-15(18)14(8-13)17(22)23/h3-4,7-8,12H,5-6,9H2,1-2H3,(H,22,23)/t12-/m1/s1. The molecule has 144 valence electrons. The van der Waals surface area contributed by atoms with E-state index < -0.39 is 33.5 Å². The lowest BCUT2D eigenvalue weighted by molar-refractivity contribution is 0.0691. The molecule has 10 heteroatoms. The molecule has 1 aliphatic heterocycles. The Bertz CT molecular complexity index is 976. The van der Waals surface area contributed by atoms with Crippen LogP contribution in [0.2, 0.25) is 0 Å². The number of benzene rings is 1. The summed E-state index contributed by atoms with van der Waals surface area (Å²) in [4.78, 5) is 19.1. The van der Waals surface area contributed by atoms with Crippen LogP contribution >= 0.6 is 0 Å². The van der Waals surface area contributed by atoms with Crippen LogP contribution in [0.3, 0.4) is 0 Å². The van der Waals surface area contributed by atoms with E-state index in [9.17, 15) is 17.6 Å². The predicted octanol–water partition coefficient (Wildman–Crippen LogP) is 1.77. The molecule has 2 aromatic rings. The Morgan fingerprint density at radius 1 is 1.30 bits per heavy atom. The van der Waals surface area contributed by atoms with Crippen molar-refractivity contribution >= 4 is 16.0 Å². The number of ether oxygens (including phenoxy) is 1. The average Bonchev–Trinajstić information content (AvgIpc) is 3.03. The van der Waals surface area contributed by atoms with Crippen LogP contribution in [0.15, 0.2) is 29.2 Å². The summed E-state index contributed by atoms with van der Waals surface area (Å²) < 4.78 is 46.0. The maximum atomic E-state index is 13.5. The SMILES string of the molecule is Cc1cc(O[C@@H]2CCN(S(=O)(=O)c3ccc(F)c(C(=O)O)c3)C2)nc(C)n1. The van der Waals surface area contributed by atoms with Crippen LogP contribution in [-0.4, -0.2) is 53.0 Å². The number of sulfonamides is 1. The van der Waals surface area contributed by atoms with Crippen LogP contribution in [0.5, 0.6) is 5.88 Å². The summed E-state index contributed by atoms with van der Waals surface area (Å²) in [7, 11) is -3.96. The van der Waals surface area contributed by atoms with Crippen molar-refractivity contribution in [3.63, 3.8) is 0 Å². The van der Waals surface area contributed by atoms with E-state index in [2.05, 4.69) is 9.97 Å². The number of carboxylic acids is 1. The largest absolute Gasteiger partial charge is 0.478 e. The lowest BCUT2D eigenvalue weighted by Gasteiger charge is -2.17. The lowest BCUT2D eigenvalue weighted by atomic mass is 10.2. The molecule has 1 saturated heterocycles. The molecule has 0 spiro atoms. The van der Waals surface area contributed by atoms with Crippen molar-refractivity contribution in [1.29, 1.82) is 0 Å². The van der Waals surface area contributed by atoms with E-state index in [-0.39, 0.29) is 18.0 Å². The Hall–Kier alpha value is -2.59. The molecule has 1 aliphatic rings. The zero-order valence-corrected chi connectivity index (χ0v) is 15.5. The third-order valence-corrected chi connectivity index (χ3v) is 6.00. The first-order chi connectivity index (χ1) is 12.7. The molecule has 1 fully saturated rings. The van der Waals surface area contributed by atoms with Gasteiger partial charge >= 0.3 is 5.97 Å². The van der Waals surface area contributed by atoms with E-state index in [4.69, 9.17) is 9.84 Å². The van der Waals surface area contributed by atoms with E-state index >= 15 is 0 Å². The molecular formula is C17H18FN3O5S. The van der Waals surface area contributed by atoms with Crippen molar-refractivity contribution in [3.05, 3.63) is 47.2 Å². The van der Waals surface area contributed by atoms with Gasteiger partial charge in [0.15, 0.2) is 0 Å². The van der Waals surface area contributed by atoms with Crippen molar-refractivity contribution in [2.45, 2.75) is 31.3 Å². The summed E-state index contributed by atoms with van der Waals surface area (Å²) in [6.07, 6.45) is 0.0572. The van der Waals surface area contributed by atoms with Crippen LogP contribution in [-0.2, 0) is 10.0 Å². The molecule has 2 heterocycles. The van der Waals surface area contributed by atoms with Crippen LogP contribution in [0.1, 0.15) is 28.3 Å². The van der Waals surface area contributed by atoms with E-state index in [0.29, 0.717) is 18.1 Å². The topological polar surface area (TPSA) is 110 Å². The van der Waals surface area contributed by atoms with Gasteiger partial charge in [-0.1, -0.05) is 0 Å². The van der Waals surface area contributed by atoms with E-state index in [0.717, 1.165) is 23.9 Å². The van der Waals surface area contributed by atoms with Gasteiger partial charge in [-0.3, -0.25) is 0 Å². The van der Waals surface area contributed by atoms with E-state index in [1.54, 1.807) is 13.0 Å². The molecule has 27 heavy (non-hydrogen) atoms. The molecule has 0 bridgehead atoms. The zero-order valence-electron chi connectivity index (χ0n) is 14.7. The summed E-state index contributed by atoms with van der Waals surface area (Å²) in [6, 6.07) is 4.40. The first-order valence-corrected chi connectivity index (χ1v) is 9.63. The van der Waals surface area contributed by atoms with E-state index in [1.165, 1.54) is 4.31 Å². The summed E-state index contributed by atoms with van der Waals surface area (Å²) >= 11 is 0. The lowest BCUT2D eigenvalue weighted by Crippen LogP contribution is -2.31. The van der Waals surface area contributed by atoms with Crippen LogP contribution in [0.25, 0.3) is 0 Å². The molecule has 0 saturated carbocycles. The van der Waals surface area contributed by atoms with Gasteiger partial charge in [0, 0.05) is 18.3 Å². The van der Waals surface area contributed by atoms with Gasteiger partial charge in [0.2, 0.25) is 15.9 Å². The van der Waals surface area contributed by atoms with E-state index in [1.807, 2.05) is 6.92 Å². The summed E-state index contributed by atoms with van der Waals surface area (Å²) in [5.41, 5.74) is 0.0579. The number of hydrogen-bond donors (Lipinski definition) is 1. The van der Waals surface area contributed by atoms with Gasteiger partial charge in [-0.25, -0.2) is 22.6 Å². The maximum absolute atomic E-state index is 13.5. The monoisotopic (exact) mass is 395 g/mol. The van der Waals surface area contributed by atoms with Crippen LogP contribution in [0, 0.1) is 19.7 Å². The maximum Gasteiger partial charge on any atom is 0.338 e. The van der Waals surface area contributed by atoms with Crippen molar-refractivity contribution in [2.75, 3.05) is 13.1 Å². The minimum absolute atomic E-state index is 0.0875. The molecule has 0 aliphatic carbocycles. The summed E-state index contributed by atoms with van der Waals surface area (Å²) in [6.45, 7) is 3.83. The average molecular weight is 395 g/mol. The molecule has 1 aromatic carbocycles. The van der Waals surface area contributed by atoms with Gasteiger partial charge in [-0.05, 0) is 38.5 Å². The number of nitrogens with zero attached hydrogens (tertiary/aromatic N) is 3. The molecule has 3 rings (SSSR count). The molecule has 1 N–H and O–H groups in total. The number of hydrogen-bond acceptors (Lipinski definition) is 6. The van der Waals surface area contributed by atoms with Gasteiger partial charge < -0.3 is 9.84 Å². The highest BCUT2D eigenvalue weighted by Crippen LogP contribution is 2.25. The van der Waals surface area contributed by atoms with Gasteiger partial charge in [0.1, 0.15) is 17.7 Å². The number of rotatable bonds is 5. The Morgan fingerprint density at radius 2 is 2.04 bits per heavy atom. The van der Waals surface area contributed by atoms with Gasteiger partial charge in [0.05, 0.1) is 17.0 Å². The van der Waals surface area contributed by atoms with Crippen molar-refractivity contribution in [2.24, 2.45) is 0 Å². The molecular weight excluding hydrogens is 377 g/mol. The van der Waals surface area contributed by atoms with Crippen molar-refractivity contribution in [3.8, 4) is 5.88 Å². The summed E-state index contributed by atoms with van der Waals surface area (Å²) in [5, 5.41) is 8.99. The molecule has 1 atom stereocenters. The van der Waals surface area contributed by atoms with Gasteiger partial charge in [0.25, 0.3) is 0 Å². The predicted molar refractivity (Wildman–Crippen MR) is 92.7 cm³/mol. The normalized spacial score (nSPS) is 17.8. The highest BCUT2D eigenvalue weighted by Gasteiger charge is 2.34. The number of aromatic nitrogens is 2. The number of carboxylic acid groups (broad SMARTS) is 1. The fraction of sp³-hybridized carbons (Fsp3) is 0.353.